The highest BCUT2D eigenvalue weighted by Crippen LogP contribution is 2.27. The Morgan fingerprint density at radius 1 is 1.45 bits per heavy atom. The molecule has 2 N–H and O–H groups in total. The average molecular weight is 277 g/mol. The van der Waals surface area contributed by atoms with Crippen molar-refractivity contribution >= 4 is 23.5 Å². The molecule has 0 bridgehead atoms. The third-order valence-electron chi connectivity index (χ3n) is 3.35. The molecule has 0 spiro atoms. The van der Waals surface area contributed by atoms with Crippen LogP contribution in [0.3, 0.4) is 0 Å². The molecule has 20 heavy (non-hydrogen) atoms. The highest BCUT2D eigenvalue weighted by atomic mass is 16.2. The van der Waals surface area contributed by atoms with E-state index in [1.165, 1.54) is 6.33 Å². The highest BCUT2D eigenvalue weighted by Gasteiger charge is 2.32. The van der Waals surface area contributed by atoms with Gasteiger partial charge >= 0.3 is 0 Å². The van der Waals surface area contributed by atoms with Gasteiger partial charge < -0.3 is 10.2 Å². The van der Waals surface area contributed by atoms with Crippen LogP contribution in [0.2, 0.25) is 0 Å². The SMILES string of the molecule is CCCc1c(NC)ncnc1N1CC(=O)NC(=O)C1C. The van der Waals surface area contributed by atoms with E-state index in [0.29, 0.717) is 5.82 Å². The molecule has 108 valence electrons. The Morgan fingerprint density at radius 3 is 2.85 bits per heavy atom. The minimum atomic E-state index is -0.428. The molecule has 0 aromatic carbocycles. The molecule has 7 heteroatoms. The Bertz CT molecular complexity index is 531. The van der Waals surface area contributed by atoms with Gasteiger partial charge in [0.25, 0.3) is 0 Å². The van der Waals surface area contributed by atoms with Crippen LogP contribution in [-0.4, -0.2) is 41.4 Å². The van der Waals surface area contributed by atoms with Crippen molar-refractivity contribution in [3.8, 4) is 0 Å². The summed E-state index contributed by atoms with van der Waals surface area (Å²) in [6.45, 7) is 3.95. The monoisotopic (exact) mass is 277 g/mol. The predicted octanol–water partition coefficient (Wildman–Crippen LogP) is 0.322. The van der Waals surface area contributed by atoms with Gasteiger partial charge in [0.2, 0.25) is 11.8 Å². The fourth-order valence-corrected chi connectivity index (χ4v) is 2.32. The van der Waals surface area contributed by atoms with Crippen molar-refractivity contribution in [2.75, 3.05) is 23.8 Å². The molecule has 2 amide bonds. The van der Waals surface area contributed by atoms with E-state index in [1.54, 1.807) is 18.9 Å². The van der Waals surface area contributed by atoms with Crippen molar-refractivity contribution < 1.29 is 9.59 Å². The molecule has 1 atom stereocenters. The number of anilines is 2. The third kappa shape index (κ3) is 2.56. The fourth-order valence-electron chi connectivity index (χ4n) is 2.32. The maximum Gasteiger partial charge on any atom is 0.249 e. The molecule has 1 aromatic rings. The van der Waals surface area contributed by atoms with Gasteiger partial charge in [0, 0.05) is 12.6 Å². The highest BCUT2D eigenvalue weighted by molar-refractivity contribution is 6.04. The zero-order valence-electron chi connectivity index (χ0n) is 11.9. The number of carbonyl (C=O) groups excluding carboxylic acids is 2. The minimum Gasteiger partial charge on any atom is -0.373 e. The fraction of sp³-hybridized carbons (Fsp3) is 0.538. The first kappa shape index (κ1) is 14.2. The van der Waals surface area contributed by atoms with Crippen molar-refractivity contribution in [2.45, 2.75) is 32.7 Å². The summed E-state index contributed by atoms with van der Waals surface area (Å²) in [5.74, 6) is 0.790. The number of hydrogen-bond acceptors (Lipinski definition) is 6. The van der Waals surface area contributed by atoms with Crippen molar-refractivity contribution in [3.63, 3.8) is 0 Å². The largest absolute Gasteiger partial charge is 0.373 e. The van der Waals surface area contributed by atoms with Crippen molar-refractivity contribution in [1.29, 1.82) is 0 Å². The summed E-state index contributed by atoms with van der Waals surface area (Å²) < 4.78 is 0. The Kier molecular flexibility index (Phi) is 4.16. The van der Waals surface area contributed by atoms with Gasteiger partial charge in [-0.05, 0) is 13.3 Å². The van der Waals surface area contributed by atoms with Crippen LogP contribution in [0.4, 0.5) is 11.6 Å². The van der Waals surface area contributed by atoms with E-state index in [4.69, 9.17) is 0 Å². The van der Waals surface area contributed by atoms with E-state index in [1.807, 2.05) is 0 Å². The first-order valence-electron chi connectivity index (χ1n) is 6.70. The summed E-state index contributed by atoms with van der Waals surface area (Å²) in [6.07, 6.45) is 3.16. The number of carbonyl (C=O) groups is 2. The van der Waals surface area contributed by atoms with E-state index in [0.717, 1.165) is 24.2 Å². The predicted molar refractivity (Wildman–Crippen MR) is 75.5 cm³/mol. The van der Waals surface area contributed by atoms with Gasteiger partial charge in [-0.1, -0.05) is 13.3 Å². The maximum atomic E-state index is 11.8. The Labute approximate surface area is 117 Å². The molecular weight excluding hydrogens is 258 g/mol. The Morgan fingerprint density at radius 2 is 2.20 bits per heavy atom. The molecule has 1 aliphatic rings. The molecular formula is C13H19N5O2. The summed E-state index contributed by atoms with van der Waals surface area (Å²) in [7, 11) is 1.79. The van der Waals surface area contributed by atoms with Gasteiger partial charge in [-0.15, -0.1) is 0 Å². The second kappa shape index (κ2) is 5.85. The first-order valence-corrected chi connectivity index (χ1v) is 6.70. The van der Waals surface area contributed by atoms with E-state index in [9.17, 15) is 9.59 Å². The minimum absolute atomic E-state index is 0.129. The normalized spacial score (nSPS) is 18.9. The van der Waals surface area contributed by atoms with Gasteiger partial charge in [-0.3, -0.25) is 14.9 Å². The van der Waals surface area contributed by atoms with Gasteiger partial charge in [0.15, 0.2) is 0 Å². The van der Waals surface area contributed by atoms with Crippen LogP contribution < -0.4 is 15.5 Å². The molecule has 1 saturated heterocycles. The number of nitrogens with one attached hydrogen (secondary N) is 2. The maximum absolute atomic E-state index is 11.8. The number of amides is 2. The van der Waals surface area contributed by atoms with Crippen molar-refractivity contribution in [1.82, 2.24) is 15.3 Å². The Hall–Kier alpha value is -2.18. The number of rotatable bonds is 4. The summed E-state index contributed by atoms with van der Waals surface area (Å²) in [4.78, 5) is 33.6. The van der Waals surface area contributed by atoms with E-state index in [-0.39, 0.29) is 18.4 Å². The van der Waals surface area contributed by atoms with Crippen LogP contribution in [-0.2, 0) is 16.0 Å². The first-order chi connectivity index (χ1) is 9.58. The lowest BCUT2D eigenvalue weighted by Crippen LogP contribution is -2.57. The number of aromatic nitrogens is 2. The van der Waals surface area contributed by atoms with Gasteiger partial charge in [0.05, 0.1) is 6.54 Å². The second-order valence-corrected chi connectivity index (χ2v) is 4.74. The molecule has 1 aliphatic heterocycles. The molecule has 2 rings (SSSR count). The molecule has 1 aromatic heterocycles. The van der Waals surface area contributed by atoms with Gasteiger partial charge in [0.1, 0.15) is 24.0 Å². The zero-order chi connectivity index (χ0) is 14.7. The van der Waals surface area contributed by atoms with Gasteiger partial charge in [-0.2, -0.15) is 0 Å². The summed E-state index contributed by atoms with van der Waals surface area (Å²) in [5.41, 5.74) is 0.937. The second-order valence-electron chi connectivity index (χ2n) is 4.74. The van der Waals surface area contributed by atoms with Crippen LogP contribution in [0, 0.1) is 0 Å². The number of imide groups is 1. The average Bonchev–Trinajstić information content (AvgIpc) is 2.43. The van der Waals surface area contributed by atoms with E-state index < -0.39 is 6.04 Å². The summed E-state index contributed by atoms with van der Waals surface area (Å²) in [5, 5.41) is 5.36. The standard InChI is InChI=1S/C13H19N5O2/c1-4-5-9-11(14-3)15-7-16-12(9)18-6-10(19)17-13(20)8(18)2/h7-8H,4-6H2,1-3H3,(H,14,15,16)(H,17,19,20). The summed E-state index contributed by atoms with van der Waals surface area (Å²) in [6, 6.07) is -0.428. The third-order valence-corrected chi connectivity index (χ3v) is 3.35. The summed E-state index contributed by atoms with van der Waals surface area (Å²) >= 11 is 0. The van der Waals surface area contributed by atoms with Crippen LogP contribution in [0.15, 0.2) is 6.33 Å². The van der Waals surface area contributed by atoms with Crippen LogP contribution in [0.25, 0.3) is 0 Å². The molecule has 0 saturated carbocycles. The molecule has 0 aliphatic carbocycles. The smallest absolute Gasteiger partial charge is 0.249 e. The van der Waals surface area contributed by atoms with Crippen molar-refractivity contribution in [2.24, 2.45) is 0 Å². The molecule has 2 heterocycles. The van der Waals surface area contributed by atoms with Gasteiger partial charge in [-0.25, -0.2) is 9.97 Å². The molecule has 1 fully saturated rings. The lowest BCUT2D eigenvalue weighted by molar-refractivity contribution is -0.132. The Balaban J connectivity index is 2.45. The van der Waals surface area contributed by atoms with Crippen LogP contribution in [0.5, 0.6) is 0 Å². The number of nitrogens with zero attached hydrogens (tertiary/aromatic N) is 3. The lowest BCUT2D eigenvalue weighted by atomic mass is 10.1. The van der Waals surface area contributed by atoms with Crippen LogP contribution in [0.1, 0.15) is 25.8 Å². The zero-order valence-corrected chi connectivity index (χ0v) is 11.9. The topological polar surface area (TPSA) is 87.2 Å². The van der Waals surface area contributed by atoms with E-state index in [2.05, 4.69) is 27.5 Å². The van der Waals surface area contributed by atoms with Crippen molar-refractivity contribution in [3.05, 3.63) is 11.9 Å². The molecule has 1 unspecified atom stereocenters. The number of hydrogen-bond donors (Lipinski definition) is 2. The molecule has 0 radical (unpaired) electrons. The number of piperazine rings is 1. The lowest BCUT2D eigenvalue weighted by Gasteiger charge is -2.34. The quantitative estimate of drug-likeness (QED) is 0.771. The molecule has 7 nitrogen and oxygen atoms in total. The van der Waals surface area contributed by atoms with E-state index >= 15 is 0 Å². The van der Waals surface area contributed by atoms with Crippen LogP contribution >= 0.6 is 0 Å².